The number of piperazine rings is 1. The lowest BCUT2D eigenvalue weighted by Crippen LogP contribution is -2.59. The molecule has 2 aliphatic rings. The summed E-state index contributed by atoms with van der Waals surface area (Å²) in [5.41, 5.74) is 0.701. The molecule has 1 saturated heterocycles. The fourth-order valence-corrected chi connectivity index (χ4v) is 2.85. The van der Waals surface area contributed by atoms with Crippen molar-refractivity contribution in [2.75, 3.05) is 39.8 Å². The zero-order valence-electron chi connectivity index (χ0n) is 12.9. The van der Waals surface area contributed by atoms with Crippen LogP contribution in [0.5, 0.6) is 0 Å². The Morgan fingerprint density at radius 1 is 1.22 bits per heavy atom. The molecule has 1 aliphatic carbocycles. The Bertz CT molecular complexity index is 281. The summed E-state index contributed by atoms with van der Waals surface area (Å²) in [5, 5.41) is 3.68. The van der Waals surface area contributed by atoms with Crippen LogP contribution in [0.1, 0.15) is 40.5 Å². The highest BCUT2D eigenvalue weighted by atomic mass is 15.3. The van der Waals surface area contributed by atoms with Gasteiger partial charge in [0.2, 0.25) is 0 Å². The van der Waals surface area contributed by atoms with Crippen LogP contribution >= 0.6 is 0 Å². The first kappa shape index (κ1) is 14.3. The molecule has 3 nitrogen and oxygen atoms in total. The summed E-state index contributed by atoms with van der Waals surface area (Å²) in [6, 6.07) is 0.827. The summed E-state index contributed by atoms with van der Waals surface area (Å²) in [7, 11) is 2.25. The van der Waals surface area contributed by atoms with E-state index in [1.54, 1.807) is 0 Å². The molecule has 106 valence electrons. The maximum absolute atomic E-state index is 3.68. The number of nitrogens with one attached hydrogen (secondary N) is 1. The van der Waals surface area contributed by atoms with E-state index in [4.69, 9.17) is 0 Å². The van der Waals surface area contributed by atoms with Crippen molar-refractivity contribution in [3.63, 3.8) is 0 Å². The Labute approximate surface area is 113 Å². The monoisotopic (exact) mass is 253 g/mol. The quantitative estimate of drug-likeness (QED) is 0.806. The minimum absolute atomic E-state index is 0.318. The van der Waals surface area contributed by atoms with Gasteiger partial charge in [-0.25, -0.2) is 0 Å². The van der Waals surface area contributed by atoms with Crippen LogP contribution < -0.4 is 5.32 Å². The van der Waals surface area contributed by atoms with Gasteiger partial charge in [0, 0.05) is 44.3 Å². The minimum atomic E-state index is 0.318. The molecule has 0 aromatic rings. The standard InChI is InChI=1S/C15H31N3/c1-14(2,10-16-13-6-7-13)11-18-9-8-17(5)15(3,4)12-18/h13,16H,6-12H2,1-5H3. The zero-order valence-corrected chi connectivity index (χ0v) is 12.9. The molecule has 1 N–H and O–H groups in total. The van der Waals surface area contributed by atoms with Crippen LogP contribution in [0.15, 0.2) is 0 Å². The van der Waals surface area contributed by atoms with Crippen LogP contribution in [0.4, 0.5) is 0 Å². The molecule has 0 amide bonds. The second-order valence-corrected chi connectivity index (χ2v) is 7.76. The molecule has 2 rings (SSSR count). The molecular weight excluding hydrogens is 222 g/mol. The van der Waals surface area contributed by atoms with Crippen molar-refractivity contribution in [1.29, 1.82) is 0 Å². The lowest BCUT2D eigenvalue weighted by atomic mass is 9.90. The third kappa shape index (κ3) is 3.94. The molecule has 1 heterocycles. The largest absolute Gasteiger partial charge is 0.313 e. The van der Waals surface area contributed by atoms with E-state index < -0.39 is 0 Å². The fourth-order valence-electron chi connectivity index (χ4n) is 2.85. The minimum Gasteiger partial charge on any atom is -0.313 e. The normalized spacial score (nSPS) is 26.5. The third-order valence-corrected chi connectivity index (χ3v) is 4.49. The molecule has 0 aromatic heterocycles. The Morgan fingerprint density at radius 3 is 2.44 bits per heavy atom. The topological polar surface area (TPSA) is 18.5 Å². The highest BCUT2D eigenvalue weighted by Crippen LogP contribution is 2.25. The zero-order chi connectivity index (χ0) is 13.4. The molecule has 1 saturated carbocycles. The van der Waals surface area contributed by atoms with Crippen molar-refractivity contribution in [3.8, 4) is 0 Å². The third-order valence-electron chi connectivity index (χ3n) is 4.49. The average molecular weight is 253 g/mol. The van der Waals surface area contributed by atoms with E-state index in [2.05, 4.69) is 49.9 Å². The van der Waals surface area contributed by atoms with Crippen LogP contribution in [0.3, 0.4) is 0 Å². The van der Waals surface area contributed by atoms with Crippen molar-refractivity contribution in [3.05, 3.63) is 0 Å². The van der Waals surface area contributed by atoms with Gasteiger partial charge < -0.3 is 5.32 Å². The van der Waals surface area contributed by atoms with Crippen LogP contribution in [0, 0.1) is 5.41 Å². The van der Waals surface area contributed by atoms with Crippen molar-refractivity contribution in [1.82, 2.24) is 15.1 Å². The SMILES string of the molecule is CN1CCN(CC(C)(C)CNC2CC2)CC1(C)C. The van der Waals surface area contributed by atoms with Gasteiger partial charge in [-0.1, -0.05) is 13.8 Å². The number of rotatable bonds is 5. The molecule has 0 unspecified atom stereocenters. The first-order valence-electron chi connectivity index (χ1n) is 7.46. The van der Waals surface area contributed by atoms with Crippen molar-refractivity contribution >= 4 is 0 Å². The molecule has 18 heavy (non-hydrogen) atoms. The van der Waals surface area contributed by atoms with Gasteiger partial charge in [0.15, 0.2) is 0 Å². The van der Waals surface area contributed by atoms with Gasteiger partial charge in [-0.05, 0) is 39.2 Å². The van der Waals surface area contributed by atoms with Gasteiger partial charge in [0.1, 0.15) is 0 Å². The molecule has 0 atom stereocenters. The van der Waals surface area contributed by atoms with E-state index >= 15 is 0 Å². The summed E-state index contributed by atoms with van der Waals surface area (Å²) in [6.07, 6.45) is 2.77. The number of nitrogens with zero attached hydrogens (tertiary/aromatic N) is 2. The van der Waals surface area contributed by atoms with Crippen molar-refractivity contribution in [2.24, 2.45) is 5.41 Å². The fraction of sp³-hybridized carbons (Fsp3) is 1.00. The lowest BCUT2D eigenvalue weighted by molar-refractivity contribution is 0.0217. The Kier molecular flexibility index (Phi) is 4.05. The first-order valence-corrected chi connectivity index (χ1v) is 7.46. The maximum Gasteiger partial charge on any atom is 0.0277 e. The van der Waals surface area contributed by atoms with Gasteiger partial charge in [-0.15, -0.1) is 0 Å². The molecule has 2 fully saturated rings. The molecule has 0 bridgehead atoms. The van der Waals surface area contributed by atoms with E-state index in [0.29, 0.717) is 11.0 Å². The highest BCUT2D eigenvalue weighted by molar-refractivity contribution is 4.91. The molecule has 0 radical (unpaired) electrons. The second-order valence-electron chi connectivity index (χ2n) is 7.76. The van der Waals surface area contributed by atoms with Gasteiger partial charge in [0.05, 0.1) is 0 Å². The Morgan fingerprint density at radius 2 is 1.89 bits per heavy atom. The van der Waals surface area contributed by atoms with Crippen molar-refractivity contribution < 1.29 is 0 Å². The lowest BCUT2D eigenvalue weighted by Gasteiger charge is -2.47. The smallest absolute Gasteiger partial charge is 0.0277 e. The highest BCUT2D eigenvalue weighted by Gasteiger charge is 2.34. The summed E-state index contributed by atoms with van der Waals surface area (Å²) in [5.74, 6) is 0. The molecule has 0 aromatic carbocycles. The van der Waals surface area contributed by atoms with E-state index in [1.165, 1.54) is 39.0 Å². The summed E-state index contributed by atoms with van der Waals surface area (Å²) in [6.45, 7) is 15.5. The average Bonchev–Trinajstić information content (AvgIpc) is 3.04. The first-order chi connectivity index (χ1) is 8.28. The summed E-state index contributed by atoms with van der Waals surface area (Å²) in [4.78, 5) is 5.13. The summed E-state index contributed by atoms with van der Waals surface area (Å²) >= 11 is 0. The van der Waals surface area contributed by atoms with E-state index in [-0.39, 0.29) is 0 Å². The molecular formula is C15H31N3. The van der Waals surface area contributed by atoms with E-state index in [9.17, 15) is 0 Å². The van der Waals surface area contributed by atoms with Crippen LogP contribution in [-0.2, 0) is 0 Å². The second kappa shape index (κ2) is 5.10. The van der Waals surface area contributed by atoms with Gasteiger partial charge in [-0.2, -0.15) is 0 Å². The van der Waals surface area contributed by atoms with Crippen LogP contribution in [0.2, 0.25) is 0 Å². The Balaban J connectivity index is 1.80. The van der Waals surface area contributed by atoms with E-state index in [0.717, 1.165) is 12.6 Å². The van der Waals surface area contributed by atoms with Gasteiger partial charge in [0.25, 0.3) is 0 Å². The van der Waals surface area contributed by atoms with E-state index in [1.807, 2.05) is 0 Å². The molecule has 0 spiro atoms. The number of hydrogen-bond acceptors (Lipinski definition) is 3. The molecule has 3 heteroatoms. The molecule has 1 aliphatic heterocycles. The summed E-state index contributed by atoms with van der Waals surface area (Å²) < 4.78 is 0. The van der Waals surface area contributed by atoms with Crippen LogP contribution in [0.25, 0.3) is 0 Å². The van der Waals surface area contributed by atoms with Crippen LogP contribution in [-0.4, -0.2) is 61.2 Å². The Hall–Kier alpha value is -0.120. The predicted octanol–water partition coefficient (Wildman–Crippen LogP) is 1.79. The van der Waals surface area contributed by atoms with Gasteiger partial charge >= 0.3 is 0 Å². The number of hydrogen-bond donors (Lipinski definition) is 1. The maximum atomic E-state index is 3.68. The number of likely N-dealkylation sites (N-methyl/N-ethyl adjacent to an activating group) is 1. The van der Waals surface area contributed by atoms with Crippen molar-refractivity contribution in [2.45, 2.75) is 52.1 Å². The predicted molar refractivity (Wildman–Crippen MR) is 78.0 cm³/mol. The van der Waals surface area contributed by atoms with Gasteiger partial charge in [-0.3, -0.25) is 9.80 Å².